The molecule has 0 saturated carbocycles. The highest BCUT2D eigenvalue weighted by Gasteiger charge is 2.25. The van der Waals surface area contributed by atoms with Crippen molar-refractivity contribution in [3.8, 4) is 0 Å². The number of aromatic nitrogens is 1. The molecule has 0 spiro atoms. The van der Waals surface area contributed by atoms with E-state index in [1.165, 1.54) is 6.07 Å². The first kappa shape index (κ1) is 15.0. The van der Waals surface area contributed by atoms with Crippen LogP contribution < -0.4 is 10.6 Å². The Bertz CT molecular complexity index is 555. The van der Waals surface area contributed by atoms with E-state index in [1.807, 2.05) is 4.90 Å². The molecule has 8 nitrogen and oxygen atoms in total. The fourth-order valence-electron chi connectivity index (χ4n) is 2.06. The number of morpholine rings is 1. The topological polar surface area (TPSA) is 115 Å². The number of nitrogens with two attached hydrogens (primary N) is 1. The summed E-state index contributed by atoms with van der Waals surface area (Å²) in [5.41, 5.74) is 5.56. The first-order valence-corrected chi connectivity index (χ1v) is 6.58. The summed E-state index contributed by atoms with van der Waals surface area (Å²) < 4.78 is 10.2. The summed E-state index contributed by atoms with van der Waals surface area (Å²) >= 11 is 0. The van der Waals surface area contributed by atoms with Gasteiger partial charge in [0.25, 0.3) is 0 Å². The SMILES string of the molecule is CCOC(=O)c1cc(C(=O)O)c(N)nc1N1CCOCC1. The Hall–Kier alpha value is -2.35. The Balaban J connectivity index is 2.47. The van der Waals surface area contributed by atoms with Crippen LogP contribution in [-0.4, -0.2) is 54.9 Å². The van der Waals surface area contributed by atoms with E-state index in [0.717, 1.165) is 0 Å². The second kappa shape index (κ2) is 6.40. The molecule has 1 saturated heterocycles. The highest BCUT2D eigenvalue weighted by molar-refractivity contribution is 6.00. The third-order valence-corrected chi connectivity index (χ3v) is 3.07. The van der Waals surface area contributed by atoms with Gasteiger partial charge in [0.2, 0.25) is 0 Å². The van der Waals surface area contributed by atoms with Crippen molar-refractivity contribution in [1.82, 2.24) is 4.98 Å². The Morgan fingerprint density at radius 1 is 1.43 bits per heavy atom. The molecule has 114 valence electrons. The molecule has 3 N–H and O–H groups in total. The van der Waals surface area contributed by atoms with Gasteiger partial charge in [-0.25, -0.2) is 14.6 Å². The standard InChI is InChI=1S/C13H17N3O5/c1-2-21-13(19)9-7-8(12(17)18)10(14)15-11(9)16-3-5-20-6-4-16/h7H,2-6H2,1H3,(H2,14,15)(H,17,18). The molecule has 2 heterocycles. The number of pyridine rings is 1. The lowest BCUT2D eigenvalue weighted by atomic mass is 10.1. The van der Waals surface area contributed by atoms with Gasteiger partial charge in [-0.1, -0.05) is 0 Å². The van der Waals surface area contributed by atoms with Gasteiger partial charge in [0.15, 0.2) is 0 Å². The molecule has 0 aromatic carbocycles. The maximum Gasteiger partial charge on any atom is 0.341 e. The zero-order chi connectivity index (χ0) is 15.4. The predicted octanol–water partition coefficient (Wildman–Crippen LogP) is 0.375. The monoisotopic (exact) mass is 295 g/mol. The van der Waals surface area contributed by atoms with E-state index >= 15 is 0 Å². The van der Waals surface area contributed by atoms with Gasteiger partial charge in [0.05, 0.1) is 19.8 Å². The zero-order valence-electron chi connectivity index (χ0n) is 11.7. The van der Waals surface area contributed by atoms with E-state index in [1.54, 1.807) is 6.92 Å². The number of ether oxygens (including phenoxy) is 2. The van der Waals surface area contributed by atoms with Crippen LogP contribution in [0.1, 0.15) is 27.6 Å². The summed E-state index contributed by atoms with van der Waals surface area (Å²) in [5.74, 6) is -1.65. The van der Waals surface area contributed by atoms with Crippen LogP contribution in [0.4, 0.5) is 11.6 Å². The predicted molar refractivity (Wildman–Crippen MR) is 74.6 cm³/mol. The fraction of sp³-hybridized carbons (Fsp3) is 0.462. The average molecular weight is 295 g/mol. The summed E-state index contributed by atoms with van der Waals surface area (Å²) in [6.45, 7) is 3.97. The molecule has 0 bridgehead atoms. The van der Waals surface area contributed by atoms with E-state index in [-0.39, 0.29) is 23.6 Å². The van der Waals surface area contributed by atoms with Crippen LogP contribution >= 0.6 is 0 Å². The zero-order valence-corrected chi connectivity index (χ0v) is 11.7. The van der Waals surface area contributed by atoms with Crippen molar-refractivity contribution in [2.24, 2.45) is 0 Å². The van der Waals surface area contributed by atoms with Gasteiger partial charge in [-0.05, 0) is 13.0 Å². The van der Waals surface area contributed by atoms with Crippen LogP contribution in [0.2, 0.25) is 0 Å². The fourth-order valence-corrected chi connectivity index (χ4v) is 2.06. The molecule has 21 heavy (non-hydrogen) atoms. The van der Waals surface area contributed by atoms with Gasteiger partial charge in [-0.3, -0.25) is 0 Å². The quantitative estimate of drug-likeness (QED) is 0.766. The molecule has 1 aromatic rings. The third-order valence-electron chi connectivity index (χ3n) is 3.07. The maximum absolute atomic E-state index is 12.0. The molecule has 0 amide bonds. The molecular weight excluding hydrogens is 278 g/mol. The smallest absolute Gasteiger partial charge is 0.341 e. The normalized spacial score (nSPS) is 14.8. The second-order valence-corrected chi connectivity index (χ2v) is 4.42. The van der Waals surface area contributed by atoms with E-state index in [2.05, 4.69) is 4.98 Å². The summed E-state index contributed by atoms with van der Waals surface area (Å²) in [6, 6.07) is 1.22. The van der Waals surface area contributed by atoms with Gasteiger partial charge in [0.1, 0.15) is 22.8 Å². The molecule has 1 aliphatic rings. The number of rotatable bonds is 4. The average Bonchev–Trinajstić information content (AvgIpc) is 2.47. The van der Waals surface area contributed by atoms with Crippen molar-refractivity contribution in [1.29, 1.82) is 0 Å². The highest BCUT2D eigenvalue weighted by Crippen LogP contribution is 2.25. The molecule has 8 heteroatoms. The van der Waals surface area contributed by atoms with Gasteiger partial charge in [-0.15, -0.1) is 0 Å². The molecule has 0 aliphatic carbocycles. The van der Waals surface area contributed by atoms with Crippen LogP contribution in [0.25, 0.3) is 0 Å². The van der Waals surface area contributed by atoms with Gasteiger partial charge < -0.3 is 25.2 Å². The van der Waals surface area contributed by atoms with Crippen molar-refractivity contribution < 1.29 is 24.2 Å². The number of carbonyl (C=O) groups is 2. The van der Waals surface area contributed by atoms with Crippen LogP contribution in [0, 0.1) is 0 Å². The Morgan fingerprint density at radius 3 is 2.67 bits per heavy atom. The molecule has 0 unspecified atom stereocenters. The molecule has 0 atom stereocenters. The molecule has 1 aromatic heterocycles. The Kier molecular flexibility index (Phi) is 4.59. The first-order valence-electron chi connectivity index (χ1n) is 6.58. The minimum absolute atomic E-state index is 0.102. The van der Waals surface area contributed by atoms with Crippen molar-refractivity contribution >= 4 is 23.6 Å². The van der Waals surface area contributed by atoms with Crippen molar-refractivity contribution in [3.63, 3.8) is 0 Å². The van der Waals surface area contributed by atoms with Crippen molar-refractivity contribution in [2.75, 3.05) is 43.5 Å². The number of carboxylic acids is 1. The number of aromatic carboxylic acids is 1. The molecule has 1 aliphatic heterocycles. The van der Waals surface area contributed by atoms with E-state index < -0.39 is 11.9 Å². The summed E-state index contributed by atoms with van der Waals surface area (Å²) in [6.07, 6.45) is 0. The number of carbonyl (C=O) groups excluding carboxylic acids is 1. The summed E-state index contributed by atoms with van der Waals surface area (Å²) in [7, 11) is 0. The second-order valence-electron chi connectivity index (χ2n) is 4.42. The number of hydrogen-bond acceptors (Lipinski definition) is 7. The van der Waals surface area contributed by atoms with Crippen molar-refractivity contribution in [3.05, 3.63) is 17.2 Å². The van der Waals surface area contributed by atoms with Gasteiger partial charge in [0, 0.05) is 13.1 Å². The lowest BCUT2D eigenvalue weighted by Gasteiger charge is -2.29. The van der Waals surface area contributed by atoms with Crippen LogP contribution in [-0.2, 0) is 9.47 Å². The molecule has 2 rings (SSSR count). The van der Waals surface area contributed by atoms with Crippen LogP contribution in [0.5, 0.6) is 0 Å². The lowest BCUT2D eigenvalue weighted by Crippen LogP contribution is -2.38. The van der Waals surface area contributed by atoms with Crippen LogP contribution in [0.15, 0.2) is 6.07 Å². The number of carboxylic acid groups (broad SMARTS) is 1. The number of nitrogen functional groups attached to an aromatic ring is 1. The third kappa shape index (κ3) is 3.22. The largest absolute Gasteiger partial charge is 0.478 e. The van der Waals surface area contributed by atoms with E-state index in [4.69, 9.17) is 20.3 Å². The number of hydrogen-bond donors (Lipinski definition) is 2. The summed E-state index contributed by atoms with van der Waals surface area (Å²) in [4.78, 5) is 29.1. The molecule has 1 fully saturated rings. The van der Waals surface area contributed by atoms with Gasteiger partial charge >= 0.3 is 11.9 Å². The Labute approximate surface area is 121 Å². The van der Waals surface area contributed by atoms with Gasteiger partial charge in [-0.2, -0.15) is 0 Å². The lowest BCUT2D eigenvalue weighted by molar-refractivity contribution is 0.0525. The highest BCUT2D eigenvalue weighted by atomic mass is 16.5. The van der Waals surface area contributed by atoms with Crippen molar-refractivity contribution in [2.45, 2.75) is 6.92 Å². The van der Waals surface area contributed by atoms with Crippen LogP contribution in [0.3, 0.4) is 0 Å². The summed E-state index contributed by atoms with van der Waals surface area (Å²) in [5, 5.41) is 9.10. The minimum atomic E-state index is -1.24. The Morgan fingerprint density at radius 2 is 2.10 bits per heavy atom. The maximum atomic E-state index is 12.0. The number of nitrogens with zero attached hydrogens (tertiary/aromatic N) is 2. The minimum Gasteiger partial charge on any atom is -0.478 e. The number of esters is 1. The number of anilines is 2. The molecular formula is C13H17N3O5. The molecule has 0 radical (unpaired) electrons. The van der Waals surface area contributed by atoms with E-state index in [0.29, 0.717) is 32.1 Å². The van der Waals surface area contributed by atoms with E-state index in [9.17, 15) is 9.59 Å². The first-order chi connectivity index (χ1) is 10.0.